The molecule has 0 fully saturated rings. The van der Waals surface area contributed by atoms with Crippen LogP contribution < -0.4 is 10.6 Å². The zero-order valence-corrected chi connectivity index (χ0v) is 19.4. The van der Waals surface area contributed by atoms with Gasteiger partial charge >= 0.3 is 18.2 Å². The molecule has 0 bridgehead atoms. The molecular weight excluding hydrogens is 463 g/mol. The number of benzene rings is 2. The number of aromatic nitrogens is 2. The summed E-state index contributed by atoms with van der Waals surface area (Å²) in [5.74, 6) is -2.76. The molecular formula is C24H28F3N5O3. The molecule has 2 aromatic carbocycles. The number of carboxylic acid groups (broad SMARTS) is 1. The lowest BCUT2D eigenvalue weighted by atomic mass is 10.1. The van der Waals surface area contributed by atoms with Crippen molar-refractivity contribution in [2.45, 2.75) is 19.3 Å². The van der Waals surface area contributed by atoms with Gasteiger partial charge in [-0.15, -0.1) is 0 Å². The number of alkyl halides is 3. The van der Waals surface area contributed by atoms with Gasteiger partial charge in [0.25, 0.3) is 0 Å². The van der Waals surface area contributed by atoms with Crippen molar-refractivity contribution < 1.29 is 27.9 Å². The van der Waals surface area contributed by atoms with Crippen LogP contribution in [-0.4, -0.2) is 65.1 Å². The third-order valence-corrected chi connectivity index (χ3v) is 4.79. The third-order valence-electron chi connectivity index (χ3n) is 4.79. The molecule has 0 radical (unpaired) electrons. The fraction of sp³-hybridized carbons (Fsp3) is 0.292. The van der Waals surface area contributed by atoms with E-state index in [0.717, 1.165) is 23.4 Å². The van der Waals surface area contributed by atoms with E-state index < -0.39 is 12.1 Å². The molecule has 0 unspecified atom stereocenters. The number of carbonyl (C=O) groups excluding carboxylic acids is 1. The molecule has 188 valence electrons. The Morgan fingerprint density at radius 2 is 1.63 bits per heavy atom. The lowest BCUT2D eigenvalue weighted by Crippen LogP contribution is -2.39. The minimum absolute atomic E-state index is 0.0925. The highest BCUT2D eigenvalue weighted by atomic mass is 19.4. The average molecular weight is 492 g/mol. The highest BCUT2D eigenvalue weighted by molar-refractivity contribution is 5.74. The van der Waals surface area contributed by atoms with Gasteiger partial charge in [-0.3, -0.25) is 4.68 Å². The molecule has 0 atom stereocenters. The summed E-state index contributed by atoms with van der Waals surface area (Å²) in [6.07, 6.45) is -3.07. The van der Waals surface area contributed by atoms with Crippen molar-refractivity contribution in [1.82, 2.24) is 25.3 Å². The standard InChI is InChI=1S/C22H27N5O.C2HF3O2/c1-23-13-14-26(2)22(28)24-15-20-17-27(16-18-9-5-3-6-10-18)25-21(20)19-11-7-4-8-12-19;3-2(4,5)1(6)7/h3-12,17,23H,13-16H2,1-2H3,(H,24,28);(H,6,7). The maximum absolute atomic E-state index is 12.3. The van der Waals surface area contributed by atoms with Crippen LogP contribution in [0.2, 0.25) is 0 Å². The Morgan fingerprint density at radius 1 is 1.06 bits per heavy atom. The minimum Gasteiger partial charge on any atom is -0.475 e. The Balaban J connectivity index is 0.000000540. The SMILES string of the molecule is CNCCN(C)C(=O)NCc1cn(Cc2ccccc2)nc1-c1ccccc1.O=C(O)C(F)(F)F. The number of rotatable bonds is 8. The number of amides is 2. The number of carbonyl (C=O) groups is 2. The average Bonchev–Trinajstić information content (AvgIpc) is 3.24. The molecule has 0 spiro atoms. The van der Waals surface area contributed by atoms with E-state index in [-0.39, 0.29) is 6.03 Å². The van der Waals surface area contributed by atoms with Crippen molar-refractivity contribution in [3.05, 3.63) is 78.0 Å². The van der Waals surface area contributed by atoms with Crippen molar-refractivity contribution in [1.29, 1.82) is 0 Å². The molecule has 3 aromatic rings. The Morgan fingerprint density at radius 3 is 2.17 bits per heavy atom. The van der Waals surface area contributed by atoms with Crippen molar-refractivity contribution in [2.75, 3.05) is 27.2 Å². The van der Waals surface area contributed by atoms with Crippen LogP contribution in [0.3, 0.4) is 0 Å². The van der Waals surface area contributed by atoms with E-state index >= 15 is 0 Å². The second-order valence-electron chi connectivity index (χ2n) is 7.54. The lowest BCUT2D eigenvalue weighted by molar-refractivity contribution is -0.192. The van der Waals surface area contributed by atoms with Crippen molar-refractivity contribution in [3.63, 3.8) is 0 Å². The fourth-order valence-corrected chi connectivity index (χ4v) is 2.97. The van der Waals surface area contributed by atoms with Gasteiger partial charge in [0.05, 0.1) is 12.2 Å². The highest BCUT2D eigenvalue weighted by Gasteiger charge is 2.38. The molecule has 1 aromatic heterocycles. The topological polar surface area (TPSA) is 99.5 Å². The van der Waals surface area contributed by atoms with Gasteiger partial charge in [-0.2, -0.15) is 18.3 Å². The minimum atomic E-state index is -5.08. The van der Waals surface area contributed by atoms with Crippen LogP contribution in [0.5, 0.6) is 0 Å². The fourth-order valence-electron chi connectivity index (χ4n) is 2.97. The van der Waals surface area contributed by atoms with Gasteiger partial charge < -0.3 is 20.6 Å². The Hall–Kier alpha value is -3.86. The summed E-state index contributed by atoms with van der Waals surface area (Å²) in [5, 5.41) is 18.0. The molecule has 3 rings (SSSR count). The van der Waals surface area contributed by atoms with Crippen molar-refractivity contribution in [2.24, 2.45) is 0 Å². The summed E-state index contributed by atoms with van der Waals surface area (Å²) in [5.41, 5.74) is 4.13. The summed E-state index contributed by atoms with van der Waals surface area (Å²) in [7, 11) is 3.67. The summed E-state index contributed by atoms with van der Waals surface area (Å²) in [6.45, 7) is 2.54. The second-order valence-corrected chi connectivity index (χ2v) is 7.54. The number of nitrogens with zero attached hydrogens (tertiary/aromatic N) is 3. The van der Waals surface area contributed by atoms with Crippen LogP contribution >= 0.6 is 0 Å². The van der Waals surface area contributed by atoms with E-state index in [2.05, 4.69) is 22.8 Å². The summed E-state index contributed by atoms with van der Waals surface area (Å²) in [4.78, 5) is 22.9. The first-order valence-electron chi connectivity index (χ1n) is 10.7. The van der Waals surface area contributed by atoms with Crippen molar-refractivity contribution >= 4 is 12.0 Å². The number of nitrogens with one attached hydrogen (secondary N) is 2. The van der Waals surface area contributed by atoms with E-state index in [1.54, 1.807) is 11.9 Å². The summed E-state index contributed by atoms with van der Waals surface area (Å²) in [6, 6.07) is 20.2. The number of carboxylic acids is 1. The van der Waals surface area contributed by atoms with Gasteiger partial charge in [0.2, 0.25) is 0 Å². The zero-order chi connectivity index (χ0) is 25.8. The largest absolute Gasteiger partial charge is 0.490 e. The number of hydrogen-bond acceptors (Lipinski definition) is 4. The van der Waals surface area contributed by atoms with Crippen LogP contribution in [0.4, 0.5) is 18.0 Å². The van der Waals surface area contributed by atoms with Gasteiger partial charge in [-0.05, 0) is 12.6 Å². The van der Waals surface area contributed by atoms with Gasteiger partial charge in [-0.25, -0.2) is 9.59 Å². The van der Waals surface area contributed by atoms with E-state index in [4.69, 9.17) is 15.0 Å². The number of hydrogen-bond donors (Lipinski definition) is 3. The van der Waals surface area contributed by atoms with E-state index in [1.807, 2.05) is 66.5 Å². The number of urea groups is 1. The highest BCUT2D eigenvalue weighted by Crippen LogP contribution is 2.22. The van der Waals surface area contributed by atoms with Crippen LogP contribution in [0.1, 0.15) is 11.1 Å². The van der Waals surface area contributed by atoms with Gasteiger partial charge in [0, 0.05) is 44.0 Å². The van der Waals surface area contributed by atoms with Crippen LogP contribution in [-0.2, 0) is 17.9 Å². The van der Waals surface area contributed by atoms with Gasteiger partial charge in [0.15, 0.2) is 0 Å². The zero-order valence-electron chi connectivity index (χ0n) is 19.4. The first-order valence-corrected chi connectivity index (χ1v) is 10.7. The van der Waals surface area contributed by atoms with E-state index in [9.17, 15) is 18.0 Å². The molecule has 0 aliphatic heterocycles. The molecule has 8 nitrogen and oxygen atoms in total. The normalized spacial score (nSPS) is 10.8. The molecule has 35 heavy (non-hydrogen) atoms. The third kappa shape index (κ3) is 9.13. The second kappa shape index (κ2) is 13.1. The number of halogens is 3. The summed E-state index contributed by atoms with van der Waals surface area (Å²) < 4.78 is 33.7. The molecule has 0 saturated heterocycles. The van der Waals surface area contributed by atoms with Crippen LogP contribution in [0, 0.1) is 0 Å². The maximum Gasteiger partial charge on any atom is 0.490 e. The van der Waals surface area contributed by atoms with Crippen molar-refractivity contribution in [3.8, 4) is 11.3 Å². The molecule has 11 heteroatoms. The molecule has 0 saturated carbocycles. The van der Waals surface area contributed by atoms with Crippen LogP contribution in [0.15, 0.2) is 66.9 Å². The molecule has 3 N–H and O–H groups in total. The quantitative estimate of drug-likeness (QED) is 0.447. The van der Waals surface area contributed by atoms with E-state index in [0.29, 0.717) is 19.6 Å². The van der Waals surface area contributed by atoms with E-state index in [1.165, 1.54) is 5.56 Å². The van der Waals surface area contributed by atoms with Crippen LogP contribution in [0.25, 0.3) is 11.3 Å². The van der Waals surface area contributed by atoms with Gasteiger partial charge in [-0.1, -0.05) is 60.7 Å². The number of aliphatic carboxylic acids is 1. The lowest BCUT2D eigenvalue weighted by Gasteiger charge is -2.17. The molecule has 2 amide bonds. The predicted octanol–water partition coefficient (Wildman–Crippen LogP) is 3.59. The van der Waals surface area contributed by atoms with Gasteiger partial charge in [0.1, 0.15) is 0 Å². The Labute approximate surface area is 201 Å². The first kappa shape index (κ1) is 27.4. The smallest absolute Gasteiger partial charge is 0.475 e. The predicted molar refractivity (Wildman–Crippen MR) is 126 cm³/mol. The number of likely N-dealkylation sites (N-methyl/N-ethyl adjacent to an activating group) is 2. The Kier molecular flexibility index (Phi) is 10.3. The Bertz CT molecular complexity index is 1070. The first-order chi connectivity index (χ1) is 16.6. The molecule has 1 heterocycles. The monoisotopic (exact) mass is 491 g/mol. The summed E-state index contributed by atoms with van der Waals surface area (Å²) >= 11 is 0. The molecule has 0 aliphatic rings. The maximum atomic E-state index is 12.3. The molecule has 0 aliphatic carbocycles.